The molecule has 1 saturated heterocycles. The van der Waals surface area contributed by atoms with Crippen molar-refractivity contribution in [1.29, 1.82) is 0 Å². The predicted molar refractivity (Wildman–Crippen MR) is 80.3 cm³/mol. The van der Waals surface area contributed by atoms with Crippen LogP contribution in [0, 0.1) is 0 Å². The molecule has 116 valence electrons. The molecular formula is C12H20F2N2O2S2. The van der Waals surface area contributed by atoms with Crippen LogP contribution in [0.4, 0.5) is 8.78 Å². The molecule has 20 heavy (non-hydrogen) atoms. The third-order valence-corrected chi connectivity index (χ3v) is 5.40. The van der Waals surface area contributed by atoms with Crippen LogP contribution in [0.1, 0.15) is 19.3 Å². The van der Waals surface area contributed by atoms with Gasteiger partial charge in [-0.2, -0.15) is 11.8 Å². The van der Waals surface area contributed by atoms with Crippen LogP contribution in [-0.4, -0.2) is 59.5 Å². The normalized spacial score (nSPS) is 18.3. The molecule has 0 aliphatic carbocycles. The quantitative estimate of drug-likeness (QED) is 0.570. The third-order valence-electron chi connectivity index (χ3n) is 3.47. The van der Waals surface area contributed by atoms with Crippen molar-refractivity contribution in [2.75, 3.05) is 32.6 Å². The number of likely N-dealkylation sites (tertiary alicyclic amines) is 1. The Morgan fingerprint density at radius 1 is 1.50 bits per heavy atom. The van der Waals surface area contributed by atoms with Crippen molar-refractivity contribution < 1.29 is 18.3 Å². The number of amides is 1. The fourth-order valence-electron chi connectivity index (χ4n) is 2.16. The van der Waals surface area contributed by atoms with Gasteiger partial charge in [0.2, 0.25) is 5.91 Å². The number of thioether (sulfide) groups is 1. The molecule has 1 aliphatic rings. The highest BCUT2D eigenvalue weighted by atomic mass is 32.2. The molecule has 0 radical (unpaired) electrons. The molecule has 1 aliphatic heterocycles. The average molecular weight is 326 g/mol. The highest BCUT2D eigenvalue weighted by Gasteiger charge is 2.37. The van der Waals surface area contributed by atoms with Gasteiger partial charge in [0.25, 0.3) is 6.43 Å². The highest BCUT2D eigenvalue weighted by Crippen LogP contribution is 2.35. The van der Waals surface area contributed by atoms with Gasteiger partial charge in [0.15, 0.2) is 0 Å². The fourth-order valence-corrected chi connectivity index (χ4v) is 3.40. The van der Waals surface area contributed by atoms with Crippen LogP contribution in [0.3, 0.4) is 0 Å². The van der Waals surface area contributed by atoms with Crippen LogP contribution in [0.2, 0.25) is 0 Å². The van der Waals surface area contributed by atoms with Crippen molar-refractivity contribution in [1.82, 2.24) is 4.90 Å². The zero-order valence-electron chi connectivity index (χ0n) is 11.4. The van der Waals surface area contributed by atoms with Gasteiger partial charge in [-0.25, -0.2) is 8.78 Å². The number of hydrogen-bond acceptors (Lipinski definition) is 4. The van der Waals surface area contributed by atoms with E-state index in [1.807, 2.05) is 6.26 Å². The number of nitrogens with two attached hydrogens (primary N) is 1. The molecule has 0 aromatic carbocycles. The van der Waals surface area contributed by atoms with E-state index in [-0.39, 0.29) is 23.7 Å². The number of hydrogen-bond donors (Lipinski definition) is 1. The van der Waals surface area contributed by atoms with Gasteiger partial charge in [-0.05, 0) is 19.1 Å². The molecule has 0 saturated carbocycles. The summed E-state index contributed by atoms with van der Waals surface area (Å²) < 4.78 is 28.2. The minimum Gasteiger partial charge on any atom is -0.392 e. The number of nitrogens with zero attached hydrogens (tertiary/aromatic N) is 1. The van der Waals surface area contributed by atoms with Gasteiger partial charge in [-0.1, -0.05) is 12.2 Å². The minimum atomic E-state index is -2.49. The van der Waals surface area contributed by atoms with Crippen molar-refractivity contribution in [3.8, 4) is 0 Å². The molecule has 8 heteroatoms. The highest BCUT2D eigenvalue weighted by molar-refractivity contribution is 8.02. The van der Waals surface area contributed by atoms with E-state index in [4.69, 9.17) is 22.7 Å². The molecule has 1 fully saturated rings. The smallest absolute Gasteiger partial charge is 0.261 e. The van der Waals surface area contributed by atoms with E-state index in [1.165, 1.54) is 0 Å². The molecule has 1 rings (SSSR count). The van der Waals surface area contributed by atoms with Crippen molar-refractivity contribution in [2.45, 2.75) is 30.4 Å². The molecule has 2 N–H and O–H groups in total. The van der Waals surface area contributed by atoms with Gasteiger partial charge in [-0.15, -0.1) is 0 Å². The van der Waals surface area contributed by atoms with Gasteiger partial charge in [0.1, 0.15) is 6.61 Å². The summed E-state index contributed by atoms with van der Waals surface area (Å²) in [4.78, 5) is 14.1. The maximum Gasteiger partial charge on any atom is 0.261 e. The second kappa shape index (κ2) is 8.09. The SMILES string of the molecule is CSC1(C(N)=S)CCN(C(=O)CCOCC(F)F)CC1. The summed E-state index contributed by atoms with van der Waals surface area (Å²) in [7, 11) is 0. The van der Waals surface area contributed by atoms with Crippen LogP contribution >= 0.6 is 24.0 Å². The van der Waals surface area contributed by atoms with Gasteiger partial charge in [-0.3, -0.25) is 4.79 Å². The summed E-state index contributed by atoms with van der Waals surface area (Å²) in [5.41, 5.74) is 5.78. The topological polar surface area (TPSA) is 55.6 Å². The molecule has 4 nitrogen and oxygen atoms in total. The van der Waals surface area contributed by atoms with Crippen LogP contribution in [-0.2, 0) is 9.53 Å². The van der Waals surface area contributed by atoms with Crippen molar-refractivity contribution in [3.05, 3.63) is 0 Å². The molecule has 0 unspecified atom stereocenters. The van der Waals surface area contributed by atoms with Crippen LogP contribution in [0.25, 0.3) is 0 Å². The van der Waals surface area contributed by atoms with E-state index in [1.54, 1.807) is 16.7 Å². The second-order valence-corrected chi connectivity index (χ2v) is 6.29. The maximum absolute atomic E-state index is 11.9. The number of halogens is 2. The molecule has 1 amide bonds. The van der Waals surface area contributed by atoms with E-state index in [0.29, 0.717) is 18.1 Å². The molecule has 1 heterocycles. The van der Waals surface area contributed by atoms with Gasteiger partial charge in [0.05, 0.1) is 22.8 Å². The molecule has 0 atom stereocenters. The lowest BCUT2D eigenvalue weighted by Crippen LogP contribution is -2.50. The third kappa shape index (κ3) is 4.82. The van der Waals surface area contributed by atoms with Crippen molar-refractivity contribution >= 4 is 34.9 Å². The number of ether oxygens (including phenoxy) is 1. The first-order valence-corrected chi connectivity index (χ1v) is 8.03. The first-order valence-electron chi connectivity index (χ1n) is 6.40. The van der Waals surface area contributed by atoms with E-state index in [0.717, 1.165) is 12.8 Å². The second-order valence-electron chi connectivity index (χ2n) is 4.66. The van der Waals surface area contributed by atoms with E-state index in [2.05, 4.69) is 0 Å². The van der Waals surface area contributed by atoms with Crippen LogP contribution in [0.5, 0.6) is 0 Å². The largest absolute Gasteiger partial charge is 0.392 e. The van der Waals surface area contributed by atoms with Crippen molar-refractivity contribution in [3.63, 3.8) is 0 Å². The number of rotatable bonds is 7. The lowest BCUT2D eigenvalue weighted by molar-refractivity contribution is -0.133. The fraction of sp³-hybridized carbons (Fsp3) is 0.833. The Hall–Kier alpha value is -0.470. The first kappa shape index (κ1) is 17.6. The maximum atomic E-state index is 11.9. The Kier molecular flexibility index (Phi) is 7.11. The monoisotopic (exact) mass is 326 g/mol. The molecular weight excluding hydrogens is 306 g/mol. The summed E-state index contributed by atoms with van der Waals surface area (Å²) in [6, 6.07) is 0. The lowest BCUT2D eigenvalue weighted by atomic mass is 9.95. The Morgan fingerprint density at radius 2 is 2.10 bits per heavy atom. The minimum absolute atomic E-state index is 0.0304. The summed E-state index contributed by atoms with van der Waals surface area (Å²) in [5.74, 6) is -0.0723. The number of alkyl halides is 2. The Morgan fingerprint density at radius 3 is 2.55 bits per heavy atom. The predicted octanol–water partition coefficient (Wildman–Crippen LogP) is 1.67. The van der Waals surface area contributed by atoms with Crippen LogP contribution in [0.15, 0.2) is 0 Å². The zero-order chi connectivity index (χ0) is 15.2. The number of carbonyl (C=O) groups excluding carboxylic acids is 1. The van der Waals surface area contributed by atoms with Crippen molar-refractivity contribution in [2.24, 2.45) is 5.73 Å². The standard InChI is InChI=1S/C12H20F2N2O2S2/c1-20-12(11(15)19)3-5-16(6-4-12)10(17)2-7-18-8-9(13)14/h9H,2-8H2,1H3,(H2,15,19). The number of piperidine rings is 1. The molecule has 0 aromatic heterocycles. The number of carbonyl (C=O) groups is 1. The van der Waals surface area contributed by atoms with Gasteiger partial charge >= 0.3 is 0 Å². The summed E-state index contributed by atoms with van der Waals surface area (Å²) in [6.07, 6.45) is 1.06. The Labute approximate surface area is 127 Å². The van der Waals surface area contributed by atoms with Gasteiger partial charge < -0.3 is 15.4 Å². The number of thiocarbonyl (C=S) groups is 1. The summed E-state index contributed by atoms with van der Waals surface area (Å²) in [6.45, 7) is 0.588. The van der Waals surface area contributed by atoms with E-state index >= 15 is 0 Å². The molecule has 0 aromatic rings. The first-order chi connectivity index (χ1) is 9.41. The molecule has 0 bridgehead atoms. The lowest BCUT2D eigenvalue weighted by Gasteiger charge is -2.40. The molecule has 0 spiro atoms. The Balaban J connectivity index is 2.34. The Bertz CT molecular complexity index is 348. The average Bonchev–Trinajstić information content (AvgIpc) is 2.43. The van der Waals surface area contributed by atoms with E-state index in [9.17, 15) is 13.6 Å². The van der Waals surface area contributed by atoms with Crippen LogP contribution < -0.4 is 5.73 Å². The summed E-state index contributed by atoms with van der Waals surface area (Å²) in [5, 5.41) is 0. The summed E-state index contributed by atoms with van der Waals surface area (Å²) >= 11 is 6.73. The van der Waals surface area contributed by atoms with Gasteiger partial charge in [0, 0.05) is 13.1 Å². The zero-order valence-corrected chi connectivity index (χ0v) is 13.1. The van der Waals surface area contributed by atoms with E-state index < -0.39 is 13.0 Å².